The van der Waals surface area contributed by atoms with Crippen molar-refractivity contribution < 1.29 is 0 Å². The van der Waals surface area contributed by atoms with Gasteiger partial charge in [-0.05, 0) is 34.0 Å². The van der Waals surface area contributed by atoms with Gasteiger partial charge in [-0.2, -0.15) is 0 Å². The normalized spacial score (nSPS) is 8.46. The Labute approximate surface area is 82.6 Å². The molecule has 0 aliphatic heterocycles. The molecule has 0 spiro atoms. The molecule has 0 saturated carbocycles. The van der Waals surface area contributed by atoms with Crippen LogP contribution in [0, 0.1) is 0 Å². The van der Waals surface area contributed by atoms with Crippen molar-refractivity contribution in [1.82, 2.24) is 4.90 Å². The minimum Gasteiger partial charge on any atom is -0.309 e. The molecule has 0 atom stereocenters. The van der Waals surface area contributed by atoms with Crippen LogP contribution in [0.15, 0.2) is 9.98 Å². The maximum absolute atomic E-state index is 3.99. The third-order valence-corrected chi connectivity index (χ3v) is 1.17. The lowest BCUT2D eigenvalue weighted by Crippen LogP contribution is -2.13. The van der Waals surface area contributed by atoms with Crippen LogP contribution in [0.25, 0.3) is 0 Å². The molecule has 0 unspecified atom stereocenters. The standard InChI is InChI=1S/C8H17N3.C2H6/c1-4-9-8-10-6-5-7-11(2)3;1-2/h4-7H2,1-3H3;1-2H3. The van der Waals surface area contributed by atoms with Crippen LogP contribution < -0.4 is 0 Å². The maximum atomic E-state index is 3.99. The lowest BCUT2D eigenvalue weighted by molar-refractivity contribution is 0.403. The van der Waals surface area contributed by atoms with Crippen LogP contribution in [-0.4, -0.2) is 44.6 Å². The number of hydrogen-bond donors (Lipinski definition) is 0. The molecule has 0 aliphatic rings. The third-order valence-electron chi connectivity index (χ3n) is 1.17. The zero-order chi connectivity index (χ0) is 10.5. The first-order valence-electron chi connectivity index (χ1n) is 5.00. The van der Waals surface area contributed by atoms with Crippen LogP contribution in [0.2, 0.25) is 0 Å². The van der Waals surface area contributed by atoms with E-state index < -0.39 is 0 Å². The highest BCUT2D eigenvalue weighted by Gasteiger charge is 1.86. The molecule has 0 rings (SSSR count). The molecular weight excluding hydrogens is 162 g/mol. The zero-order valence-electron chi connectivity index (χ0n) is 9.67. The number of aliphatic imine (C=N–C) groups is 2. The summed E-state index contributed by atoms with van der Waals surface area (Å²) < 4.78 is 0. The van der Waals surface area contributed by atoms with Gasteiger partial charge in [0.2, 0.25) is 0 Å². The van der Waals surface area contributed by atoms with Gasteiger partial charge in [0, 0.05) is 6.54 Å². The molecule has 0 heterocycles. The minimum absolute atomic E-state index is 0.775. The average Bonchev–Trinajstić information content (AvgIpc) is 2.14. The molecule has 13 heavy (non-hydrogen) atoms. The molecule has 0 aromatic rings. The van der Waals surface area contributed by atoms with Gasteiger partial charge in [0.15, 0.2) is 0 Å². The van der Waals surface area contributed by atoms with Gasteiger partial charge >= 0.3 is 0 Å². The quantitative estimate of drug-likeness (QED) is 0.476. The highest BCUT2D eigenvalue weighted by molar-refractivity contribution is 5.40. The van der Waals surface area contributed by atoms with Gasteiger partial charge in [-0.25, -0.2) is 9.98 Å². The molecule has 78 valence electrons. The number of hydrogen-bond acceptors (Lipinski definition) is 3. The first-order valence-corrected chi connectivity index (χ1v) is 5.00. The fourth-order valence-corrected chi connectivity index (χ4v) is 0.637. The fraction of sp³-hybridized carbons (Fsp3) is 0.900. The lowest BCUT2D eigenvalue weighted by atomic mass is 10.4. The van der Waals surface area contributed by atoms with E-state index in [2.05, 4.69) is 35.0 Å². The van der Waals surface area contributed by atoms with Crippen LogP contribution in [0.5, 0.6) is 0 Å². The molecule has 3 heteroatoms. The molecule has 0 aromatic heterocycles. The van der Waals surface area contributed by atoms with Gasteiger partial charge in [-0.1, -0.05) is 13.8 Å². The van der Waals surface area contributed by atoms with E-state index in [9.17, 15) is 0 Å². The van der Waals surface area contributed by atoms with E-state index in [1.807, 2.05) is 20.8 Å². The SMILES string of the molecule is CC.CCN=C=NCCCN(C)C. The summed E-state index contributed by atoms with van der Waals surface area (Å²) in [6.07, 6.45) is 1.08. The topological polar surface area (TPSA) is 28.0 Å². The van der Waals surface area contributed by atoms with Crippen molar-refractivity contribution in [3.05, 3.63) is 0 Å². The summed E-state index contributed by atoms with van der Waals surface area (Å²) in [6.45, 7) is 8.67. The second kappa shape index (κ2) is 13.9. The first-order chi connectivity index (χ1) is 6.27. The molecule has 3 nitrogen and oxygen atoms in total. The Morgan fingerprint density at radius 2 is 1.77 bits per heavy atom. The van der Waals surface area contributed by atoms with Gasteiger partial charge in [0.25, 0.3) is 0 Å². The Balaban J connectivity index is 0. The Bertz CT molecular complexity index is 135. The zero-order valence-corrected chi connectivity index (χ0v) is 9.67. The van der Waals surface area contributed by atoms with Gasteiger partial charge in [-0.3, -0.25) is 0 Å². The van der Waals surface area contributed by atoms with E-state index in [4.69, 9.17) is 0 Å². The number of rotatable bonds is 5. The van der Waals surface area contributed by atoms with Gasteiger partial charge < -0.3 is 4.90 Å². The van der Waals surface area contributed by atoms with Crippen molar-refractivity contribution in [2.24, 2.45) is 9.98 Å². The molecule has 0 fully saturated rings. The first kappa shape index (κ1) is 14.8. The number of nitrogens with zero attached hydrogens (tertiary/aromatic N) is 3. The fourth-order valence-electron chi connectivity index (χ4n) is 0.637. The van der Waals surface area contributed by atoms with Crippen molar-refractivity contribution in [3.63, 3.8) is 0 Å². The molecule has 0 saturated heterocycles. The van der Waals surface area contributed by atoms with Crippen molar-refractivity contribution in [2.75, 3.05) is 33.7 Å². The highest BCUT2D eigenvalue weighted by atomic mass is 15.0. The third kappa shape index (κ3) is 18.4. The van der Waals surface area contributed by atoms with Crippen LogP contribution in [-0.2, 0) is 0 Å². The van der Waals surface area contributed by atoms with Gasteiger partial charge in [0.1, 0.15) is 0 Å². The van der Waals surface area contributed by atoms with Crippen LogP contribution in [0.4, 0.5) is 0 Å². The Morgan fingerprint density at radius 3 is 2.23 bits per heavy atom. The molecule has 0 aliphatic carbocycles. The van der Waals surface area contributed by atoms with E-state index in [0.29, 0.717) is 0 Å². The molecule has 0 radical (unpaired) electrons. The Hall–Kier alpha value is -0.660. The highest BCUT2D eigenvalue weighted by Crippen LogP contribution is 1.82. The summed E-state index contributed by atoms with van der Waals surface area (Å²) in [5, 5.41) is 0. The molecule has 0 amide bonds. The van der Waals surface area contributed by atoms with Crippen molar-refractivity contribution >= 4 is 6.01 Å². The minimum atomic E-state index is 0.775. The van der Waals surface area contributed by atoms with Crippen molar-refractivity contribution in [2.45, 2.75) is 27.2 Å². The summed E-state index contributed by atoms with van der Waals surface area (Å²) in [5.74, 6) is 0. The van der Waals surface area contributed by atoms with Crippen molar-refractivity contribution in [3.8, 4) is 0 Å². The summed E-state index contributed by atoms with van der Waals surface area (Å²) in [4.78, 5) is 9.99. The van der Waals surface area contributed by atoms with Crippen LogP contribution >= 0.6 is 0 Å². The largest absolute Gasteiger partial charge is 0.309 e. The van der Waals surface area contributed by atoms with Crippen LogP contribution in [0.1, 0.15) is 27.2 Å². The second-order valence-corrected chi connectivity index (χ2v) is 2.61. The summed E-state index contributed by atoms with van der Waals surface area (Å²) >= 11 is 0. The second-order valence-electron chi connectivity index (χ2n) is 2.61. The molecule has 0 N–H and O–H groups in total. The van der Waals surface area contributed by atoms with E-state index in [-0.39, 0.29) is 0 Å². The summed E-state index contributed by atoms with van der Waals surface area (Å²) in [6, 6.07) is 2.64. The predicted molar refractivity (Wildman–Crippen MR) is 59.8 cm³/mol. The predicted octanol–water partition coefficient (Wildman–Crippen LogP) is 2.16. The average molecular weight is 185 g/mol. The van der Waals surface area contributed by atoms with E-state index >= 15 is 0 Å². The van der Waals surface area contributed by atoms with Crippen LogP contribution in [0.3, 0.4) is 0 Å². The summed E-state index contributed by atoms with van der Waals surface area (Å²) in [5.41, 5.74) is 0. The maximum Gasteiger partial charge on any atom is 0.0892 e. The molecular formula is C10H23N3. The Morgan fingerprint density at radius 1 is 1.15 bits per heavy atom. The van der Waals surface area contributed by atoms with Crippen molar-refractivity contribution in [1.29, 1.82) is 0 Å². The Kier molecular flexibility index (Phi) is 15.9. The van der Waals surface area contributed by atoms with Gasteiger partial charge in [-0.15, -0.1) is 0 Å². The summed E-state index contributed by atoms with van der Waals surface area (Å²) in [7, 11) is 4.12. The van der Waals surface area contributed by atoms with E-state index in [1.165, 1.54) is 0 Å². The monoisotopic (exact) mass is 185 g/mol. The lowest BCUT2D eigenvalue weighted by Gasteiger charge is -2.05. The van der Waals surface area contributed by atoms with E-state index in [1.54, 1.807) is 0 Å². The van der Waals surface area contributed by atoms with Gasteiger partial charge in [0.05, 0.1) is 12.6 Å². The molecule has 0 bridgehead atoms. The smallest absolute Gasteiger partial charge is 0.0892 e. The molecule has 0 aromatic carbocycles. The van der Waals surface area contributed by atoms with E-state index in [0.717, 1.165) is 26.1 Å².